The third-order valence-electron chi connectivity index (χ3n) is 2.53. The average molecular weight is 275 g/mol. The standard InChI is InChI=1S/C10H17N3O4S/c1-4-5-10(2,9(14)17-3)13-18(15,16)8-6-11-12-7-8/h6-7,13H,4-5H2,1-3H3,(H,11,12). The van der Waals surface area contributed by atoms with Gasteiger partial charge in [0.05, 0.1) is 13.3 Å². The van der Waals surface area contributed by atoms with E-state index in [0.717, 1.165) is 0 Å². The number of H-pyrrole nitrogens is 1. The van der Waals surface area contributed by atoms with E-state index in [9.17, 15) is 13.2 Å². The van der Waals surface area contributed by atoms with Crippen LogP contribution in [0, 0.1) is 0 Å². The van der Waals surface area contributed by atoms with Crippen LogP contribution in [0.15, 0.2) is 17.3 Å². The zero-order valence-electron chi connectivity index (χ0n) is 10.6. The smallest absolute Gasteiger partial charge is 0.326 e. The minimum atomic E-state index is -3.80. The zero-order chi connectivity index (χ0) is 13.8. The predicted octanol–water partition coefficient (Wildman–Crippen LogP) is 0.420. The molecule has 1 rings (SSSR count). The van der Waals surface area contributed by atoms with E-state index in [1.54, 1.807) is 0 Å². The molecule has 0 aliphatic carbocycles. The lowest BCUT2D eigenvalue weighted by atomic mass is 9.98. The molecule has 2 N–H and O–H groups in total. The number of nitrogens with one attached hydrogen (secondary N) is 2. The molecule has 0 bridgehead atoms. The predicted molar refractivity (Wildman–Crippen MR) is 64.2 cm³/mol. The van der Waals surface area contributed by atoms with Crippen LogP contribution in [0.3, 0.4) is 0 Å². The number of sulfonamides is 1. The van der Waals surface area contributed by atoms with Gasteiger partial charge in [-0.2, -0.15) is 9.82 Å². The molecule has 0 radical (unpaired) electrons. The lowest BCUT2D eigenvalue weighted by molar-refractivity contribution is -0.147. The van der Waals surface area contributed by atoms with Gasteiger partial charge in [0.15, 0.2) is 0 Å². The molecule has 0 saturated heterocycles. The molecule has 1 atom stereocenters. The second-order valence-corrected chi connectivity index (χ2v) is 5.80. The Bertz CT molecular complexity index is 497. The maximum atomic E-state index is 12.0. The number of nitrogens with zero attached hydrogens (tertiary/aromatic N) is 1. The molecule has 1 unspecified atom stereocenters. The first-order chi connectivity index (χ1) is 8.35. The number of methoxy groups -OCH3 is 1. The van der Waals surface area contributed by atoms with Crippen molar-refractivity contribution in [2.75, 3.05) is 7.11 Å². The highest BCUT2D eigenvalue weighted by atomic mass is 32.2. The van der Waals surface area contributed by atoms with Crippen molar-refractivity contribution in [1.29, 1.82) is 0 Å². The Hall–Kier alpha value is -1.41. The summed E-state index contributed by atoms with van der Waals surface area (Å²) in [5.74, 6) is -0.614. The number of esters is 1. The van der Waals surface area contributed by atoms with Crippen LogP contribution >= 0.6 is 0 Å². The van der Waals surface area contributed by atoms with Crippen LogP contribution in [0.2, 0.25) is 0 Å². The third kappa shape index (κ3) is 3.08. The van der Waals surface area contributed by atoms with Crippen molar-refractivity contribution < 1.29 is 17.9 Å². The fourth-order valence-corrected chi connectivity index (χ4v) is 2.96. The van der Waals surface area contributed by atoms with E-state index >= 15 is 0 Å². The Labute approximate surface area is 106 Å². The topological polar surface area (TPSA) is 101 Å². The first-order valence-electron chi connectivity index (χ1n) is 5.47. The van der Waals surface area contributed by atoms with Crippen LogP contribution in [0.1, 0.15) is 26.7 Å². The first-order valence-corrected chi connectivity index (χ1v) is 6.95. The summed E-state index contributed by atoms with van der Waals surface area (Å²) in [5, 5.41) is 5.98. The van der Waals surface area contributed by atoms with Gasteiger partial charge in [0, 0.05) is 6.20 Å². The summed E-state index contributed by atoms with van der Waals surface area (Å²) < 4.78 is 31.1. The molecule has 0 aliphatic rings. The van der Waals surface area contributed by atoms with Gasteiger partial charge in [-0.1, -0.05) is 13.3 Å². The Balaban J connectivity index is 3.01. The molecule has 0 spiro atoms. The van der Waals surface area contributed by atoms with Crippen molar-refractivity contribution in [1.82, 2.24) is 14.9 Å². The van der Waals surface area contributed by atoms with Gasteiger partial charge in [-0.3, -0.25) is 9.89 Å². The van der Waals surface area contributed by atoms with Crippen LogP contribution in [0.25, 0.3) is 0 Å². The SMILES string of the molecule is CCCC(C)(NS(=O)(=O)c1cn[nH]c1)C(=O)OC. The number of carbonyl (C=O) groups is 1. The molecule has 0 fully saturated rings. The van der Waals surface area contributed by atoms with E-state index in [1.807, 2.05) is 6.92 Å². The number of aromatic amines is 1. The average Bonchev–Trinajstić information content (AvgIpc) is 2.81. The largest absolute Gasteiger partial charge is 0.468 e. The summed E-state index contributed by atoms with van der Waals surface area (Å²) >= 11 is 0. The second kappa shape index (κ2) is 5.49. The van der Waals surface area contributed by atoms with Gasteiger partial charge in [-0.25, -0.2) is 8.42 Å². The molecular formula is C10H17N3O4S. The highest BCUT2D eigenvalue weighted by Gasteiger charge is 2.38. The molecular weight excluding hydrogens is 258 g/mol. The van der Waals surface area contributed by atoms with Crippen molar-refractivity contribution >= 4 is 16.0 Å². The molecule has 1 heterocycles. The lowest BCUT2D eigenvalue weighted by Crippen LogP contribution is -2.52. The van der Waals surface area contributed by atoms with Crippen molar-refractivity contribution in [2.24, 2.45) is 0 Å². The summed E-state index contributed by atoms with van der Waals surface area (Å²) in [6, 6.07) is 0. The van der Waals surface area contributed by atoms with E-state index in [4.69, 9.17) is 0 Å². The summed E-state index contributed by atoms with van der Waals surface area (Å²) in [6.45, 7) is 3.35. The number of carbonyl (C=O) groups excluding carboxylic acids is 1. The summed E-state index contributed by atoms with van der Waals surface area (Å²) in [7, 11) is -2.57. The maximum absolute atomic E-state index is 12.0. The molecule has 8 heteroatoms. The fourth-order valence-electron chi connectivity index (χ4n) is 1.66. The number of aromatic nitrogens is 2. The maximum Gasteiger partial charge on any atom is 0.326 e. The molecule has 1 aromatic rings. The molecule has 0 aliphatic heterocycles. The molecule has 102 valence electrons. The van der Waals surface area contributed by atoms with Crippen LogP contribution < -0.4 is 4.72 Å². The number of hydrogen-bond donors (Lipinski definition) is 2. The van der Waals surface area contributed by atoms with Gasteiger partial charge in [-0.15, -0.1) is 0 Å². The summed E-state index contributed by atoms with van der Waals surface area (Å²) in [5.41, 5.74) is -1.28. The monoisotopic (exact) mass is 275 g/mol. The third-order valence-corrected chi connectivity index (χ3v) is 4.09. The highest BCUT2D eigenvalue weighted by Crippen LogP contribution is 2.18. The minimum Gasteiger partial charge on any atom is -0.468 e. The van der Waals surface area contributed by atoms with Crippen LogP contribution in [0.4, 0.5) is 0 Å². The summed E-state index contributed by atoms with van der Waals surface area (Å²) in [6.07, 6.45) is 3.40. The molecule has 0 saturated carbocycles. The first kappa shape index (κ1) is 14.7. The van der Waals surface area contributed by atoms with Crippen LogP contribution in [-0.4, -0.2) is 37.2 Å². The molecule has 0 amide bonds. The van der Waals surface area contributed by atoms with Gasteiger partial charge in [0.2, 0.25) is 10.0 Å². The van der Waals surface area contributed by atoms with Crippen LogP contribution in [-0.2, 0) is 19.6 Å². The fraction of sp³-hybridized carbons (Fsp3) is 0.600. The van der Waals surface area contributed by atoms with E-state index < -0.39 is 21.5 Å². The Morgan fingerprint density at radius 3 is 2.72 bits per heavy atom. The van der Waals surface area contributed by atoms with Gasteiger partial charge in [-0.05, 0) is 13.3 Å². The molecule has 18 heavy (non-hydrogen) atoms. The second-order valence-electron chi connectivity index (χ2n) is 4.11. The minimum absolute atomic E-state index is 0.0197. The molecule has 7 nitrogen and oxygen atoms in total. The van der Waals surface area contributed by atoms with E-state index in [2.05, 4.69) is 19.7 Å². The van der Waals surface area contributed by atoms with E-state index in [-0.39, 0.29) is 4.90 Å². The van der Waals surface area contributed by atoms with Gasteiger partial charge in [0.25, 0.3) is 0 Å². The Morgan fingerprint density at radius 2 is 2.28 bits per heavy atom. The van der Waals surface area contributed by atoms with Crippen LogP contribution in [0.5, 0.6) is 0 Å². The van der Waals surface area contributed by atoms with Crippen molar-refractivity contribution in [3.63, 3.8) is 0 Å². The van der Waals surface area contributed by atoms with Gasteiger partial charge in [0.1, 0.15) is 10.4 Å². The van der Waals surface area contributed by atoms with E-state index in [1.165, 1.54) is 26.4 Å². The molecule has 1 aromatic heterocycles. The number of rotatable bonds is 6. The summed E-state index contributed by atoms with van der Waals surface area (Å²) in [4.78, 5) is 11.7. The lowest BCUT2D eigenvalue weighted by Gasteiger charge is -2.26. The van der Waals surface area contributed by atoms with Crippen molar-refractivity contribution in [3.8, 4) is 0 Å². The quantitative estimate of drug-likeness (QED) is 0.733. The van der Waals surface area contributed by atoms with Crippen molar-refractivity contribution in [2.45, 2.75) is 37.1 Å². The molecule has 0 aromatic carbocycles. The van der Waals surface area contributed by atoms with Gasteiger partial charge < -0.3 is 4.74 Å². The normalized spacial score (nSPS) is 15.1. The van der Waals surface area contributed by atoms with Crippen molar-refractivity contribution in [3.05, 3.63) is 12.4 Å². The highest BCUT2D eigenvalue weighted by molar-refractivity contribution is 7.89. The zero-order valence-corrected chi connectivity index (χ0v) is 11.4. The number of ether oxygens (including phenoxy) is 1. The van der Waals surface area contributed by atoms with E-state index in [0.29, 0.717) is 12.8 Å². The Morgan fingerprint density at radius 1 is 1.61 bits per heavy atom. The Kier molecular flexibility index (Phi) is 4.47. The number of hydrogen-bond acceptors (Lipinski definition) is 5. The van der Waals surface area contributed by atoms with Gasteiger partial charge >= 0.3 is 5.97 Å².